The largest absolute Gasteiger partial charge is 0.462 e. The summed E-state index contributed by atoms with van der Waals surface area (Å²) in [6.45, 7) is 1.55. The Morgan fingerprint density at radius 1 is 1.33 bits per heavy atom. The van der Waals surface area contributed by atoms with E-state index in [1.165, 1.54) is 6.92 Å². The fourth-order valence-electron chi connectivity index (χ4n) is 2.07. The summed E-state index contributed by atoms with van der Waals surface area (Å²) in [6.07, 6.45) is 4.42. The lowest BCUT2D eigenvalue weighted by atomic mass is 9.85. The van der Waals surface area contributed by atoms with Gasteiger partial charge in [-0.1, -0.05) is 32.1 Å². The van der Waals surface area contributed by atoms with Crippen molar-refractivity contribution in [2.75, 3.05) is 6.61 Å². The Hall–Kier alpha value is -0.670. The molecule has 0 spiro atoms. The van der Waals surface area contributed by atoms with Crippen molar-refractivity contribution >= 4 is 5.97 Å². The summed E-state index contributed by atoms with van der Waals surface area (Å²) < 4.78 is 31.0. The number of carbonyl (C=O) groups is 1. The van der Waals surface area contributed by atoms with Gasteiger partial charge in [0.15, 0.2) is 0 Å². The maximum atomic E-state index is 13.3. The van der Waals surface area contributed by atoms with E-state index in [2.05, 4.69) is 4.74 Å². The van der Waals surface area contributed by atoms with E-state index in [9.17, 15) is 13.6 Å². The monoisotopic (exact) mass is 220 g/mol. The van der Waals surface area contributed by atoms with Gasteiger partial charge in [0.25, 0.3) is 0 Å². The number of alkyl halides is 2. The molecule has 2 nitrogen and oxygen atoms in total. The number of carbonyl (C=O) groups excluding carboxylic acids is 1. The molecule has 0 aliphatic heterocycles. The highest BCUT2D eigenvalue weighted by molar-refractivity contribution is 5.77. The fourth-order valence-corrected chi connectivity index (χ4v) is 2.07. The Morgan fingerprint density at radius 3 is 2.47 bits per heavy atom. The molecule has 0 radical (unpaired) electrons. The van der Waals surface area contributed by atoms with Crippen molar-refractivity contribution < 1.29 is 18.3 Å². The van der Waals surface area contributed by atoms with E-state index in [0.29, 0.717) is 0 Å². The number of esters is 1. The van der Waals surface area contributed by atoms with Gasteiger partial charge in [-0.15, -0.1) is 0 Å². The predicted molar refractivity (Wildman–Crippen MR) is 52.8 cm³/mol. The quantitative estimate of drug-likeness (QED) is 0.680. The third-order valence-corrected chi connectivity index (χ3v) is 2.84. The molecule has 1 rings (SSSR count). The molecule has 0 aromatic rings. The van der Waals surface area contributed by atoms with Crippen LogP contribution >= 0.6 is 0 Å². The molecule has 0 aromatic heterocycles. The molecular formula is C11H18F2O2. The lowest BCUT2D eigenvalue weighted by Gasteiger charge is -2.25. The molecule has 0 unspecified atom stereocenters. The van der Waals surface area contributed by atoms with Crippen molar-refractivity contribution in [2.45, 2.75) is 51.4 Å². The van der Waals surface area contributed by atoms with Crippen molar-refractivity contribution in [2.24, 2.45) is 5.92 Å². The van der Waals surface area contributed by atoms with Crippen LogP contribution in [0.1, 0.15) is 45.4 Å². The maximum Gasteiger partial charge on any atom is 0.376 e. The molecule has 1 aliphatic rings. The average Bonchev–Trinajstić information content (AvgIpc) is 2.19. The van der Waals surface area contributed by atoms with Crippen molar-refractivity contribution in [1.29, 1.82) is 0 Å². The second-order valence-electron chi connectivity index (χ2n) is 4.13. The molecule has 0 heterocycles. The van der Waals surface area contributed by atoms with Gasteiger partial charge in [0, 0.05) is 6.42 Å². The van der Waals surface area contributed by atoms with Crippen LogP contribution in [0.4, 0.5) is 8.78 Å². The van der Waals surface area contributed by atoms with E-state index in [1.54, 1.807) is 0 Å². The normalized spacial score (nSPS) is 18.9. The summed E-state index contributed by atoms with van der Waals surface area (Å²) in [7, 11) is 0. The van der Waals surface area contributed by atoms with E-state index in [4.69, 9.17) is 0 Å². The predicted octanol–water partition coefficient (Wildman–Crippen LogP) is 3.16. The van der Waals surface area contributed by atoms with Gasteiger partial charge in [-0.2, -0.15) is 8.78 Å². The number of rotatable bonds is 4. The molecule has 0 bridgehead atoms. The summed E-state index contributed by atoms with van der Waals surface area (Å²) >= 11 is 0. The van der Waals surface area contributed by atoms with Gasteiger partial charge in [-0.25, -0.2) is 4.79 Å². The van der Waals surface area contributed by atoms with Crippen molar-refractivity contribution in [1.82, 2.24) is 0 Å². The van der Waals surface area contributed by atoms with E-state index in [0.717, 1.165) is 32.1 Å². The number of ether oxygens (including phenoxy) is 1. The van der Waals surface area contributed by atoms with E-state index in [1.807, 2.05) is 0 Å². The van der Waals surface area contributed by atoms with Gasteiger partial charge in [-0.05, 0) is 12.8 Å². The van der Waals surface area contributed by atoms with E-state index >= 15 is 0 Å². The Labute approximate surface area is 89.0 Å². The Kier molecular flexibility index (Phi) is 4.48. The van der Waals surface area contributed by atoms with Crippen LogP contribution in [0.2, 0.25) is 0 Å². The Morgan fingerprint density at radius 2 is 1.93 bits per heavy atom. The summed E-state index contributed by atoms with van der Waals surface area (Å²) in [5.74, 6) is -4.67. The third kappa shape index (κ3) is 3.76. The van der Waals surface area contributed by atoms with Gasteiger partial charge in [0.05, 0.1) is 6.61 Å². The van der Waals surface area contributed by atoms with Gasteiger partial charge in [0.1, 0.15) is 0 Å². The first kappa shape index (κ1) is 12.4. The molecule has 0 amide bonds. The minimum absolute atomic E-state index is 0.0130. The molecule has 15 heavy (non-hydrogen) atoms. The van der Waals surface area contributed by atoms with Gasteiger partial charge in [0.2, 0.25) is 0 Å². The Balaban J connectivity index is 2.42. The van der Waals surface area contributed by atoms with Crippen LogP contribution in [0, 0.1) is 5.92 Å². The lowest BCUT2D eigenvalue weighted by Crippen LogP contribution is -2.33. The molecule has 88 valence electrons. The fraction of sp³-hybridized carbons (Fsp3) is 0.909. The van der Waals surface area contributed by atoms with Crippen molar-refractivity contribution in [3.63, 3.8) is 0 Å². The first-order chi connectivity index (χ1) is 7.06. The average molecular weight is 220 g/mol. The van der Waals surface area contributed by atoms with Crippen LogP contribution < -0.4 is 0 Å². The molecule has 1 saturated carbocycles. The zero-order chi connectivity index (χ0) is 11.3. The lowest BCUT2D eigenvalue weighted by molar-refractivity contribution is -0.174. The van der Waals surface area contributed by atoms with Crippen LogP contribution in [-0.4, -0.2) is 18.5 Å². The first-order valence-corrected chi connectivity index (χ1v) is 5.61. The van der Waals surface area contributed by atoms with Crippen LogP contribution in [0.3, 0.4) is 0 Å². The smallest absolute Gasteiger partial charge is 0.376 e. The van der Waals surface area contributed by atoms with Crippen LogP contribution in [0.5, 0.6) is 0 Å². The number of hydrogen-bond donors (Lipinski definition) is 0. The van der Waals surface area contributed by atoms with Crippen LogP contribution in [-0.2, 0) is 9.53 Å². The highest BCUT2D eigenvalue weighted by Crippen LogP contribution is 2.33. The highest BCUT2D eigenvalue weighted by atomic mass is 19.3. The third-order valence-electron chi connectivity index (χ3n) is 2.84. The zero-order valence-corrected chi connectivity index (χ0v) is 9.10. The highest BCUT2D eigenvalue weighted by Gasteiger charge is 2.42. The summed E-state index contributed by atoms with van der Waals surface area (Å²) in [6, 6.07) is 0. The molecule has 1 aliphatic carbocycles. The second kappa shape index (κ2) is 5.42. The Bertz CT molecular complexity index is 211. The standard InChI is InChI=1S/C11H18F2O2/c1-2-15-10(14)11(12,13)8-9-6-4-3-5-7-9/h9H,2-8H2,1H3. The van der Waals surface area contributed by atoms with Gasteiger partial charge < -0.3 is 4.74 Å². The summed E-state index contributed by atoms with van der Waals surface area (Å²) in [5, 5.41) is 0. The van der Waals surface area contributed by atoms with Crippen molar-refractivity contribution in [3.8, 4) is 0 Å². The van der Waals surface area contributed by atoms with Gasteiger partial charge >= 0.3 is 11.9 Å². The van der Waals surface area contributed by atoms with Gasteiger partial charge in [-0.3, -0.25) is 0 Å². The molecule has 0 saturated heterocycles. The van der Waals surface area contributed by atoms with E-state index in [-0.39, 0.29) is 18.9 Å². The number of halogens is 2. The number of hydrogen-bond acceptors (Lipinski definition) is 2. The van der Waals surface area contributed by atoms with E-state index < -0.39 is 11.9 Å². The molecule has 0 N–H and O–H groups in total. The maximum absolute atomic E-state index is 13.3. The zero-order valence-electron chi connectivity index (χ0n) is 9.10. The molecule has 1 fully saturated rings. The summed E-state index contributed by atoms with van der Waals surface area (Å²) in [4.78, 5) is 11.0. The molecule has 4 heteroatoms. The minimum Gasteiger partial charge on any atom is -0.462 e. The minimum atomic E-state index is -3.29. The van der Waals surface area contributed by atoms with Crippen LogP contribution in [0.15, 0.2) is 0 Å². The second-order valence-corrected chi connectivity index (χ2v) is 4.13. The molecular weight excluding hydrogens is 202 g/mol. The topological polar surface area (TPSA) is 26.3 Å². The summed E-state index contributed by atoms with van der Waals surface area (Å²) in [5.41, 5.74) is 0. The molecule has 0 aromatic carbocycles. The van der Waals surface area contributed by atoms with Crippen molar-refractivity contribution in [3.05, 3.63) is 0 Å². The van der Waals surface area contributed by atoms with Crippen LogP contribution in [0.25, 0.3) is 0 Å². The SMILES string of the molecule is CCOC(=O)C(F)(F)CC1CCCCC1. The first-order valence-electron chi connectivity index (χ1n) is 5.61. The molecule has 0 atom stereocenters.